The summed E-state index contributed by atoms with van der Waals surface area (Å²) in [5.74, 6) is 5.31. The van der Waals surface area contributed by atoms with E-state index in [1.807, 2.05) is 20.0 Å². The number of nitrogens with one attached hydrogen (secondary N) is 1. The van der Waals surface area contributed by atoms with Crippen molar-refractivity contribution in [3.8, 4) is 0 Å². The summed E-state index contributed by atoms with van der Waals surface area (Å²) in [5, 5.41) is 4.27. The maximum atomic E-state index is 12.9. The molecule has 1 aromatic heterocycles. The Bertz CT molecular complexity index is 504. The van der Waals surface area contributed by atoms with Gasteiger partial charge in [-0.05, 0) is 30.7 Å². The minimum absolute atomic E-state index is 0.193. The van der Waals surface area contributed by atoms with Crippen LogP contribution < -0.4 is 11.3 Å². The largest absolute Gasteiger partial charge is 0.271 e. The molecule has 4 nitrogen and oxygen atoms in total. The van der Waals surface area contributed by atoms with Gasteiger partial charge >= 0.3 is 0 Å². The van der Waals surface area contributed by atoms with Gasteiger partial charge < -0.3 is 0 Å². The van der Waals surface area contributed by atoms with Gasteiger partial charge in [0.1, 0.15) is 5.82 Å². The highest BCUT2D eigenvalue weighted by molar-refractivity contribution is 5.28. The van der Waals surface area contributed by atoms with E-state index in [2.05, 4.69) is 10.5 Å². The molecule has 0 saturated carbocycles. The van der Waals surface area contributed by atoms with Gasteiger partial charge in [0.15, 0.2) is 0 Å². The molecule has 1 unspecified atom stereocenters. The van der Waals surface area contributed by atoms with Crippen LogP contribution in [0.15, 0.2) is 30.3 Å². The quantitative estimate of drug-likeness (QED) is 0.624. The molecule has 0 fully saturated rings. The van der Waals surface area contributed by atoms with Crippen molar-refractivity contribution in [2.24, 2.45) is 12.9 Å². The smallest absolute Gasteiger partial charge is 0.123 e. The minimum atomic E-state index is -0.259. The van der Waals surface area contributed by atoms with E-state index in [0.717, 1.165) is 17.0 Å². The molecule has 0 aliphatic rings. The number of hydrazine groups is 1. The predicted molar refractivity (Wildman–Crippen MR) is 63.5 cm³/mol. The monoisotopic (exact) mass is 234 g/mol. The van der Waals surface area contributed by atoms with Crippen molar-refractivity contribution in [3.05, 3.63) is 53.1 Å². The van der Waals surface area contributed by atoms with Gasteiger partial charge in [0.25, 0.3) is 0 Å². The lowest BCUT2D eigenvalue weighted by molar-refractivity contribution is 0.571. The Morgan fingerprint density at radius 2 is 2.00 bits per heavy atom. The van der Waals surface area contributed by atoms with Gasteiger partial charge in [0.2, 0.25) is 0 Å². The highest BCUT2D eigenvalue weighted by Gasteiger charge is 2.16. The number of hydrogen-bond acceptors (Lipinski definition) is 3. The van der Waals surface area contributed by atoms with E-state index in [-0.39, 0.29) is 11.9 Å². The molecule has 0 bridgehead atoms. The van der Waals surface area contributed by atoms with Gasteiger partial charge in [-0.15, -0.1) is 0 Å². The van der Waals surface area contributed by atoms with Crippen LogP contribution in [-0.4, -0.2) is 9.78 Å². The summed E-state index contributed by atoms with van der Waals surface area (Å²) in [4.78, 5) is 0. The summed E-state index contributed by atoms with van der Waals surface area (Å²) in [6.45, 7) is 1.92. The summed E-state index contributed by atoms with van der Waals surface area (Å²) < 4.78 is 14.6. The number of nitrogens with two attached hydrogens (primary N) is 1. The molecule has 5 heteroatoms. The summed E-state index contributed by atoms with van der Waals surface area (Å²) in [5.41, 5.74) is 5.49. The number of halogens is 1. The standard InChI is InChI=1S/C12H15FN4/c1-8-7-11(17(2)16-8)12(15-14)9-3-5-10(13)6-4-9/h3-7,12,15H,14H2,1-2H3. The first-order valence-electron chi connectivity index (χ1n) is 5.34. The molecule has 17 heavy (non-hydrogen) atoms. The third-order valence-electron chi connectivity index (χ3n) is 2.70. The van der Waals surface area contributed by atoms with Crippen LogP contribution in [0.4, 0.5) is 4.39 Å². The normalized spacial score (nSPS) is 12.7. The highest BCUT2D eigenvalue weighted by atomic mass is 19.1. The lowest BCUT2D eigenvalue weighted by atomic mass is 10.0. The molecule has 0 amide bonds. The predicted octanol–water partition coefficient (Wildman–Crippen LogP) is 1.42. The number of aryl methyl sites for hydroxylation is 2. The average Bonchev–Trinajstić information content (AvgIpc) is 2.62. The fourth-order valence-electron chi connectivity index (χ4n) is 1.91. The van der Waals surface area contributed by atoms with E-state index < -0.39 is 0 Å². The van der Waals surface area contributed by atoms with Crippen LogP contribution in [0.2, 0.25) is 0 Å². The lowest BCUT2D eigenvalue weighted by Gasteiger charge is -2.16. The van der Waals surface area contributed by atoms with Crippen molar-refractivity contribution in [3.63, 3.8) is 0 Å². The Hall–Kier alpha value is -1.72. The summed E-state index contributed by atoms with van der Waals surface area (Å²) in [7, 11) is 1.86. The lowest BCUT2D eigenvalue weighted by Crippen LogP contribution is -2.30. The highest BCUT2D eigenvalue weighted by Crippen LogP contribution is 2.21. The van der Waals surface area contributed by atoms with E-state index in [0.29, 0.717) is 0 Å². The molecule has 1 aromatic carbocycles. The number of benzene rings is 1. The van der Waals surface area contributed by atoms with E-state index >= 15 is 0 Å². The van der Waals surface area contributed by atoms with E-state index in [1.165, 1.54) is 12.1 Å². The van der Waals surface area contributed by atoms with Crippen LogP contribution in [-0.2, 0) is 7.05 Å². The SMILES string of the molecule is Cc1cc(C(NN)c2ccc(F)cc2)n(C)n1. The van der Waals surface area contributed by atoms with Gasteiger partial charge in [-0.3, -0.25) is 10.5 Å². The Kier molecular flexibility index (Phi) is 3.21. The summed E-state index contributed by atoms with van der Waals surface area (Å²) >= 11 is 0. The molecular formula is C12H15FN4. The first kappa shape index (κ1) is 11.8. The second kappa shape index (κ2) is 4.65. The van der Waals surface area contributed by atoms with Crippen LogP contribution in [0.25, 0.3) is 0 Å². The Morgan fingerprint density at radius 3 is 2.47 bits per heavy atom. The molecule has 0 aliphatic carbocycles. The molecule has 2 aromatic rings. The molecule has 0 spiro atoms. The molecule has 0 saturated heterocycles. The first-order chi connectivity index (χ1) is 8.11. The van der Waals surface area contributed by atoms with E-state index in [1.54, 1.807) is 16.8 Å². The second-order valence-electron chi connectivity index (χ2n) is 3.99. The third kappa shape index (κ3) is 2.35. The van der Waals surface area contributed by atoms with Gasteiger partial charge in [0.05, 0.1) is 17.4 Å². The topological polar surface area (TPSA) is 55.9 Å². The van der Waals surface area contributed by atoms with Crippen molar-refractivity contribution >= 4 is 0 Å². The summed E-state index contributed by atoms with van der Waals surface area (Å²) in [6, 6.07) is 8.02. The number of rotatable bonds is 3. The van der Waals surface area contributed by atoms with Crippen molar-refractivity contribution < 1.29 is 4.39 Å². The van der Waals surface area contributed by atoms with E-state index in [4.69, 9.17) is 5.84 Å². The van der Waals surface area contributed by atoms with Crippen LogP contribution >= 0.6 is 0 Å². The fraction of sp³-hybridized carbons (Fsp3) is 0.250. The van der Waals surface area contributed by atoms with Gasteiger partial charge in [-0.25, -0.2) is 9.82 Å². The fourth-order valence-corrected chi connectivity index (χ4v) is 1.91. The van der Waals surface area contributed by atoms with Gasteiger partial charge in [-0.1, -0.05) is 12.1 Å². The zero-order chi connectivity index (χ0) is 12.4. The Labute approximate surface area is 99.2 Å². The molecule has 3 N–H and O–H groups in total. The number of hydrogen-bond donors (Lipinski definition) is 2. The van der Waals surface area contributed by atoms with Crippen molar-refractivity contribution in [2.75, 3.05) is 0 Å². The maximum absolute atomic E-state index is 12.9. The molecule has 90 valence electrons. The third-order valence-corrected chi connectivity index (χ3v) is 2.70. The molecule has 0 aliphatic heterocycles. The average molecular weight is 234 g/mol. The second-order valence-corrected chi connectivity index (χ2v) is 3.99. The molecule has 2 rings (SSSR count). The molecular weight excluding hydrogens is 219 g/mol. The van der Waals surface area contributed by atoms with Crippen LogP contribution in [0.1, 0.15) is 23.0 Å². The Morgan fingerprint density at radius 1 is 1.35 bits per heavy atom. The molecule has 0 radical (unpaired) electrons. The van der Waals surface area contributed by atoms with Crippen molar-refractivity contribution in [2.45, 2.75) is 13.0 Å². The van der Waals surface area contributed by atoms with Gasteiger partial charge in [-0.2, -0.15) is 5.10 Å². The molecule has 1 atom stereocenters. The zero-order valence-electron chi connectivity index (χ0n) is 9.81. The zero-order valence-corrected chi connectivity index (χ0v) is 9.81. The number of aromatic nitrogens is 2. The van der Waals surface area contributed by atoms with Crippen LogP contribution in [0.5, 0.6) is 0 Å². The minimum Gasteiger partial charge on any atom is -0.271 e. The van der Waals surface area contributed by atoms with Crippen LogP contribution in [0.3, 0.4) is 0 Å². The van der Waals surface area contributed by atoms with Gasteiger partial charge in [0, 0.05) is 7.05 Å². The number of nitrogens with zero attached hydrogens (tertiary/aromatic N) is 2. The molecule has 1 heterocycles. The van der Waals surface area contributed by atoms with Crippen molar-refractivity contribution in [1.82, 2.24) is 15.2 Å². The van der Waals surface area contributed by atoms with Crippen LogP contribution in [0, 0.1) is 12.7 Å². The first-order valence-corrected chi connectivity index (χ1v) is 5.34. The maximum Gasteiger partial charge on any atom is 0.123 e. The van der Waals surface area contributed by atoms with E-state index in [9.17, 15) is 4.39 Å². The summed E-state index contributed by atoms with van der Waals surface area (Å²) in [6.07, 6.45) is 0. The van der Waals surface area contributed by atoms with Crippen molar-refractivity contribution in [1.29, 1.82) is 0 Å². The Balaban J connectivity index is 2.39.